The summed E-state index contributed by atoms with van der Waals surface area (Å²) in [6.07, 6.45) is 16.1. The fourth-order valence-electron chi connectivity index (χ4n) is 4.53. The van der Waals surface area contributed by atoms with Gasteiger partial charge in [0.15, 0.2) is 5.60 Å². The molecule has 2 aliphatic carbocycles. The SMILES string of the molecule is CN(C)C(OC1(c2cnccn2)C2C=CC(C2)C1c1cnccn1)=[N+](C)C. The Bertz CT molecular complexity index is 863. The molecular weight excluding hydrogens is 340 g/mol. The van der Waals surface area contributed by atoms with Crippen molar-refractivity contribution in [3.63, 3.8) is 0 Å². The first-order valence-electron chi connectivity index (χ1n) is 9.15. The third kappa shape index (κ3) is 2.78. The third-order valence-electron chi connectivity index (χ3n) is 5.45. The van der Waals surface area contributed by atoms with Crippen molar-refractivity contribution in [2.45, 2.75) is 17.9 Å². The Morgan fingerprint density at radius 2 is 1.81 bits per heavy atom. The standard InChI is InChI=1S/C20H25N6O/c1-25(2)19(26(3)4)27-20(17-13-22-8-10-24-17)15-6-5-14(11-15)18(20)16-12-21-7-9-23-16/h5-10,12-15,18H,11H2,1-4H3/q+1. The van der Waals surface area contributed by atoms with E-state index in [0.29, 0.717) is 5.92 Å². The molecule has 140 valence electrons. The Morgan fingerprint density at radius 1 is 1.07 bits per heavy atom. The van der Waals surface area contributed by atoms with Gasteiger partial charge in [-0.1, -0.05) is 12.2 Å². The van der Waals surface area contributed by atoms with Gasteiger partial charge in [-0.05, 0) is 12.3 Å². The topological polar surface area (TPSA) is 67.0 Å². The summed E-state index contributed by atoms with van der Waals surface area (Å²) in [7, 11) is 7.94. The molecule has 7 nitrogen and oxygen atoms in total. The molecule has 27 heavy (non-hydrogen) atoms. The summed E-state index contributed by atoms with van der Waals surface area (Å²) in [5, 5.41) is 0. The molecule has 1 fully saturated rings. The summed E-state index contributed by atoms with van der Waals surface area (Å²) in [6, 6.07) is 0.774. The minimum absolute atomic E-state index is 0.0211. The highest BCUT2D eigenvalue weighted by molar-refractivity contribution is 5.69. The Kier molecular flexibility index (Phi) is 4.37. The molecule has 0 N–H and O–H groups in total. The van der Waals surface area contributed by atoms with Crippen LogP contribution in [0.4, 0.5) is 0 Å². The summed E-state index contributed by atoms with van der Waals surface area (Å²) in [5.41, 5.74) is 1.09. The molecule has 0 saturated heterocycles. The van der Waals surface area contributed by atoms with Gasteiger partial charge < -0.3 is 4.74 Å². The number of aromatic nitrogens is 4. The van der Waals surface area contributed by atoms with Crippen LogP contribution in [-0.4, -0.2) is 63.6 Å². The first kappa shape index (κ1) is 17.6. The Morgan fingerprint density at radius 3 is 2.41 bits per heavy atom. The second kappa shape index (κ2) is 6.72. The third-order valence-corrected chi connectivity index (χ3v) is 5.45. The van der Waals surface area contributed by atoms with Crippen LogP contribution in [0.25, 0.3) is 0 Å². The fraction of sp³-hybridized carbons (Fsp3) is 0.450. The lowest BCUT2D eigenvalue weighted by molar-refractivity contribution is -0.483. The van der Waals surface area contributed by atoms with Gasteiger partial charge in [-0.2, -0.15) is 0 Å². The van der Waals surface area contributed by atoms with Crippen molar-refractivity contribution in [1.29, 1.82) is 0 Å². The second-order valence-electron chi connectivity index (χ2n) is 7.56. The number of rotatable bonds is 3. The number of hydrogen-bond donors (Lipinski definition) is 0. The average Bonchev–Trinajstić information content (AvgIpc) is 3.27. The predicted octanol–water partition coefficient (Wildman–Crippen LogP) is 1.66. The zero-order valence-corrected chi connectivity index (χ0v) is 16.1. The van der Waals surface area contributed by atoms with Crippen molar-refractivity contribution in [3.05, 3.63) is 60.7 Å². The molecule has 4 unspecified atom stereocenters. The summed E-state index contributed by atoms with van der Waals surface area (Å²) in [4.78, 5) is 20.0. The normalized spacial score (nSPS) is 28.2. The van der Waals surface area contributed by atoms with E-state index in [4.69, 9.17) is 4.74 Å². The van der Waals surface area contributed by atoms with Crippen LogP contribution in [0.2, 0.25) is 0 Å². The summed E-state index contributed by atoms with van der Waals surface area (Å²) >= 11 is 0. The Labute approximate surface area is 159 Å². The van der Waals surface area contributed by atoms with E-state index in [1.54, 1.807) is 24.8 Å². The van der Waals surface area contributed by atoms with Crippen molar-refractivity contribution in [3.8, 4) is 0 Å². The summed E-state index contributed by atoms with van der Waals surface area (Å²) in [6.45, 7) is 0. The van der Waals surface area contributed by atoms with Crippen molar-refractivity contribution >= 4 is 6.02 Å². The molecule has 2 aliphatic rings. The first-order valence-corrected chi connectivity index (χ1v) is 9.15. The van der Waals surface area contributed by atoms with Crippen LogP contribution in [0.3, 0.4) is 0 Å². The molecule has 2 aromatic rings. The number of ether oxygens (including phenoxy) is 1. The maximum atomic E-state index is 6.86. The van der Waals surface area contributed by atoms with Crippen LogP contribution in [-0.2, 0) is 10.3 Å². The van der Waals surface area contributed by atoms with Gasteiger partial charge in [0.05, 0.1) is 46.0 Å². The van der Waals surface area contributed by atoms with E-state index in [1.807, 2.05) is 50.1 Å². The zero-order valence-electron chi connectivity index (χ0n) is 16.1. The maximum absolute atomic E-state index is 6.86. The smallest absolute Gasteiger partial charge is 0.417 e. The van der Waals surface area contributed by atoms with E-state index >= 15 is 0 Å². The highest BCUT2D eigenvalue weighted by atomic mass is 16.5. The van der Waals surface area contributed by atoms with E-state index in [9.17, 15) is 0 Å². The van der Waals surface area contributed by atoms with Crippen LogP contribution >= 0.6 is 0 Å². The van der Waals surface area contributed by atoms with Gasteiger partial charge in [-0.15, -0.1) is 0 Å². The van der Waals surface area contributed by atoms with Crippen LogP contribution < -0.4 is 0 Å². The molecule has 0 amide bonds. The monoisotopic (exact) mass is 365 g/mol. The number of fused-ring (bicyclic) bond motifs is 2. The van der Waals surface area contributed by atoms with Crippen LogP contribution in [0, 0.1) is 11.8 Å². The van der Waals surface area contributed by atoms with Crippen molar-refractivity contribution < 1.29 is 9.31 Å². The molecule has 2 bridgehead atoms. The van der Waals surface area contributed by atoms with Crippen LogP contribution in [0.5, 0.6) is 0 Å². The molecule has 4 atom stereocenters. The number of amidine groups is 1. The second-order valence-corrected chi connectivity index (χ2v) is 7.56. The molecule has 0 aromatic carbocycles. The molecule has 0 radical (unpaired) electrons. The Hall–Kier alpha value is -2.83. The van der Waals surface area contributed by atoms with Crippen molar-refractivity contribution in [2.75, 3.05) is 28.2 Å². The molecule has 7 heteroatoms. The maximum Gasteiger partial charge on any atom is 0.446 e. The minimum Gasteiger partial charge on any atom is -0.417 e. The van der Waals surface area contributed by atoms with Gasteiger partial charge in [0.25, 0.3) is 0 Å². The molecule has 4 rings (SSSR count). The van der Waals surface area contributed by atoms with Gasteiger partial charge in [-0.25, -0.2) is 9.48 Å². The lowest BCUT2D eigenvalue weighted by atomic mass is 9.74. The molecular formula is C20H25N6O+. The van der Waals surface area contributed by atoms with E-state index in [-0.39, 0.29) is 11.8 Å². The fourth-order valence-corrected chi connectivity index (χ4v) is 4.53. The molecule has 0 aliphatic heterocycles. The number of allylic oxidation sites excluding steroid dienone is 1. The predicted molar refractivity (Wildman–Crippen MR) is 101 cm³/mol. The van der Waals surface area contributed by atoms with E-state index < -0.39 is 5.60 Å². The zero-order chi connectivity index (χ0) is 19.0. The van der Waals surface area contributed by atoms with Crippen molar-refractivity contribution in [2.24, 2.45) is 11.8 Å². The Balaban J connectivity index is 1.92. The lowest BCUT2D eigenvalue weighted by Gasteiger charge is -2.40. The minimum atomic E-state index is -0.673. The average molecular weight is 365 g/mol. The highest BCUT2D eigenvalue weighted by Crippen LogP contribution is 2.61. The van der Waals surface area contributed by atoms with E-state index in [0.717, 1.165) is 23.8 Å². The van der Waals surface area contributed by atoms with E-state index in [2.05, 4.69) is 32.1 Å². The van der Waals surface area contributed by atoms with Crippen LogP contribution in [0.15, 0.2) is 49.3 Å². The van der Waals surface area contributed by atoms with Gasteiger partial charge in [0.2, 0.25) is 0 Å². The molecule has 2 heterocycles. The summed E-state index contributed by atoms with van der Waals surface area (Å²) < 4.78 is 8.84. The molecule has 2 aromatic heterocycles. The van der Waals surface area contributed by atoms with Gasteiger partial charge in [-0.3, -0.25) is 19.9 Å². The number of nitrogens with zero attached hydrogens (tertiary/aromatic N) is 6. The van der Waals surface area contributed by atoms with Crippen LogP contribution in [0.1, 0.15) is 23.7 Å². The highest BCUT2D eigenvalue weighted by Gasteiger charge is 2.62. The summed E-state index contributed by atoms with van der Waals surface area (Å²) in [5.74, 6) is 0.549. The van der Waals surface area contributed by atoms with E-state index in [1.165, 1.54) is 0 Å². The van der Waals surface area contributed by atoms with Gasteiger partial charge in [0, 0.05) is 36.9 Å². The first-order chi connectivity index (χ1) is 13.0. The lowest BCUT2D eigenvalue weighted by Crippen LogP contribution is -2.47. The molecule has 0 spiro atoms. The van der Waals surface area contributed by atoms with Crippen molar-refractivity contribution in [1.82, 2.24) is 24.8 Å². The van der Waals surface area contributed by atoms with Gasteiger partial charge >= 0.3 is 6.02 Å². The molecule has 1 saturated carbocycles. The largest absolute Gasteiger partial charge is 0.446 e. The van der Waals surface area contributed by atoms with Gasteiger partial charge in [0.1, 0.15) is 5.69 Å². The number of hydrogen-bond acceptors (Lipinski definition) is 5. The quantitative estimate of drug-likeness (QED) is 0.357.